The highest BCUT2D eigenvalue weighted by molar-refractivity contribution is 7.89. The van der Waals surface area contributed by atoms with Crippen LogP contribution < -0.4 is 10.6 Å². The number of likely N-dealkylation sites (tertiary alicyclic amines) is 1. The van der Waals surface area contributed by atoms with Crippen LogP contribution in [0.2, 0.25) is 0 Å². The largest absolute Gasteiger partial charge is 0.354 e. The number of carbonyl (C=O) groups is 2. The zero-order chi connectivity index (χ0) is 24.8. The van der Waals surface area contributed by atoms with Gasteiger partial charge in [0.2, 0.25) is 15.9 Å². The Morgan fingerprint density at radius 2 is 1.82 bits per heavy atom. The Labute approximate surface area is 199 Å². The molecule has 186 valence electrons. The van der Waals surface area contributed by atoms with Gasteiger partial charge in [0.1, 0.15) is 6.04 Å². The van der Waals surface area contributed by atoms with E-state index in [1.54, 1.807) is 26.0 Å². The fourth-order valence-electron chi connectivity index (χ4n) is 4.12. The lowest BCUT2D eigenvalue weighted by Gasteiger charge is -2.24. The molecule has 1 saturated heterocycles. The third-order valence-electron chi connectivity index (χ3n) is 6.29. The molecule has 0 radical (unpaired) electrons. The number of amides is 2. The van der Waals surface area contributed by atoms with Gasteiger partial charge in [-0.1, -0.05) is 33.8 Å². The Morgan fingerprint density at radius 3 is 2.36 bits per heavy atom. The molecule has 1 heterocycles. The molecule has 1 fully saturated rings. The molecule has 2 unspecified atom stereocenters. The summed E-state index contributed by atoms with van der Waals surface area (Å²) < 4.78 is 27.0. The molecule has 2 amide bonds. The molecule has 1 aromatic carbocycles. The Balaban J connectivity index is 2.06. The minimum atomic E-state index is -3.68. The van der Waals surface area contributed by atoms with Gasteiger partial charge in [0.05, 0.1) is 4.90 Å². The fourth-order valence-corrected chi connectivity index (χ4v) is 5.63. The number of nitrogens with zero attached hydrogens (tertiary/aromatic N) is 2. The van der Waals surface area contributed by atoms with E-state index in [2.05, 4.69) is 29.4 Å². The van der Waals surface area contributed by atoms with Crippen molar-refractivity contribution in [1.82, 2.24) is 19.8 Å². The highest BCUT2D eigenvalue weighted by Crippen LogP contribution is 2.19. The summed E-state index contributed by atoms with van der Waals surface area (Å²) in [7, 11) is -3.68. The van der Waals surface area contributed by atoms with Crippen LogP contribution in [0.1, 0.15) is 58.3 Å². The van der Waals surface area contributed by atoms with Crippen molar-refractivity contribution in [2.45, 2.75) is 64.9 Å². The summed E-state index contributed by atoms with van der Waals surface area (Å²) in [4.78, 5) is 28.3. The second kappa shape index (κ2) is 11.9. The molecule has 0 aromatic heterocycles. The molecule has 8 nitrogen and oxygen atoms in total. The van der Waals surface area contributed by atoms with Crippen molar-refractivity contribution in [3.63, 3.8) is 0 Å². The number of hydrogen-bond donors (Lipinski definition) is 2. The number of carbonyl (C=O) groups excluding carboxylic acids is 2. The third kappa shape index (κ3) is 7.01. The van der Waals surface area contributed by atoms with Crippen LogP contribution in [0.25, 0.3) is 0 Å². The number of nitrogens with one attached hydrogen (secondary N) is 2. The minimum Gasteiger partial charge on any atom is -0.354 e. The highest BCUT2D eigenvalue weighted by Gasteiger charge is 2.29. The molecule has 0 aliphatic carbocycles. The Bertz CT molecular complexity index is 913. The molecule has 2 N–H and O–H groups in total. The minimum absolute atomic E-state index is 0.0698. The smallest absolute Gasteiger partial charge is 0.251 e. The molecule has 0 bridgehead atoms. The molecule has 2 atom stereocenters. The van der Waals surface area contributed by atoms with Crippen LogP contribution in [0.5, 0.6) is 0 Å². The van der Waals surface area contributed by atoms with E-state index in [1.165, 1.54) is 16.4 Å². The van der Waals surface area contributed by atoms with E-state index in [1.807, 2.05) is 13.8 Å². The zero-order valence-electron chi connectivity index (χ0n) is 20.8. The summed E-state index contributed by atoms with van der Waals surface area (Å²) in [5.74, 6) is -0.394. The van der Waals surface area contributed by atoms with Crippen LogP contribution in [-0.2, 0) is 14.8 Å². The van der Waals surface area contributed by atoms with E-state index in [4.69, 9.17) is 0 Å². The lowest BCUT2D eigenvalue weighted by atomic mass is 10.0. The molecule has 1 aliphatic rings. The van der Waals surface area contributed by atoms with Gasteiger partial charge in [-0.15, -0.1) is 0 Å². The maximum Gasteiger partial charge on any atom is 0.251 e. The summed E-state index contributed by atoms with van der Waals surface area (Å²) in [6.07, 6.45) is 1.05. The SMILES string of the molecule is CCN(CC)S(=O)(=O)c1cccc(C(=O)NC(C(=O)NCC2CCN(C(C)C)C2)C(C)C)c1. The van der Waals surface area contributed by atoms with Gasteiger partial charge in [0.25, 0.3) is 5.91 Å². The number of benzene rings is 1. The molecule has 1 aromatic rings. The molecule has 2 rings (SSSR count). The van der Waals surface area contributed by atoms with Crippen LogP contribution >= 0.6 is 0 Å². The molecule has 9 heteroatoms. The predicted octanol–water partition coefficient (Wildman–Crippen LogP) is 2.32. The van der Waals surface area contributed by atoms with Gasteiger partial charge < -0.3 is 15.5 Å². The van der Waals surface area contributed by atoms with Gasteiger partial charge in [-0.2, -0.15) is 4.31 Å². The Kier molecular flexibility index (Phi) is 9.87. The topological polar surface area (TPSA) is 98.8 Å². The lowest BCUT2D eigenvalue weighted by Crippen LogP contribution is -2.50. The van der Waals surface area contributed by atoms with Crippen molar-refractivity contribution < 1.29 is 18.0 Å². The summed E-state index contributed by atoms with van der Waals surface area (Å²) >= 11 is 0. The number of hydrogen-bond acceptors (Lipinski definition) is 5. The number of sulfonamides is 1. The maximum absolute atomic E-state index is 12.9. The van der Waals surface area contributed by atoms with Crippen LogP contribution in [-0.4, -0.2) is 74.2 Å². The first-order valence-electron chi connectivity index (χ1n) is 11.9. The monoisotopic (exact) mass is 480 g/mol. The van der Waals surface area contributed by atoms with E-state index >= 15 is 0 Å². The summed E-state index contributed by atoms with van der Waals surface area (Å²) in [5, 5.41) is 5.81. The first-order valence-corrected chi connectivity index (χ1v) is 13.4. The van der Waals surface area contributed by atoms with Crippen LogP contribution in [0.4, 0.5) is 0 Å². The van der Waals surface area contributed by atoms with E-state index in [9.17, 15) is 18.0 Å². The quantitative estimate of drug-likeness (QED) is 0.506. The predicted molar refractivity (Wildman–Crippen MR) is 130 cm³/mol. The normalized spacial score (nSPS) is 18.2. The van der Waals surface area contributed by atoms with E-state index in [-0.39, 0.29) is 22.3 Å². The van der Waals surface area contributed by atoms with Crippen molar-refractivity contribution in [3.05, 3.63) is 29.8 Å². The van der Waals surface area contributed by atoms with Crippen molar-refractivity contribution in [2.75, 3.05) is 32.7 Å². The van der Waals surface area contributed by atoms with Crippen LogP contribution in [0.15, 0.2) is 29.2 Å². The average Bonchev–Trinajstić information content (AvgIpc) is 3.25. The molecular weight excluding hydrogens is 440 g/mol. The second-order valence-electron chi connectivity index (χ2n) is 9.30. The lowest BCUT2D eigenvalue weighted by molar-refractivity contribution is -0.124. The average molecular weight is 481 g/mol. The van der Waals surface area contributed by atoms with E-state index < -0.39 is 22.0 Å². The van der Waals surface area contributed by atoms with Crippen molar-refractivity contribution in [2.24, 2.45) is 11.8 Å². The van der Waals surface area contributed by atoms with Gasteiger partial charge in [0, 0.05) is 37.8 Å². The summed E-state index contributed by atoms with van der Waals surface area (Å²) in [6, 6.07) is 5.76. The van der Waals surface area contributed by atoms with E-state index in [0.717, 1.165) is 19.5 Å². The van der Waals surface area contributed by atoms with Gasteiger partial charge in [0.15, 0.2) is 0 Å². The Hall–Kier alpha value is -1.97. The standard InChI is InChI=1S/C24H40N4O4S/c1-7-28(8-2)33(31,32)21-11-9-10-20(14-21)23(29)26-22(17(3)4)24(30)25-15-19-12-13-27(16-19)18(5)6/h9-11,14,17-19,22H,7-8,12-13,15-16H2,1-6H3,(H,25,30)(H,26,29). The fraction of sp³-hybridized carbons (Fsp3) is 0.667. The highest BCUT2D eigenvalue weighted by atomic mass is 32.2. The van der Waals surface area contributed by atoms with Gasteiger partial charge in [-0.3, -0.25) is 9.59 Å². The van der Waals surface area contributed by atoms with Crippen molar-refractivity contribution >= 4 is 21.8 Å². The third-order valence-corrected chi connectivity index (χ3v) is 8.33. The first kappa shape index (κ1) is 27.3. The summed E-state index contributed by atoms with van der Waals surface area (Å²) in [6.45, 7) is 14.9. The second-order valence-corrected chi connectivity index (χ2v) is 11.2. The molecule has 0 spiro atoms. The van der Waals surface area contributed by atoms with E-state index in [0.29, 0.717) is 31.6 Å². The maximum atomic E-state index is 12.9. The molecule has 1 aliphatic heterocycles. The van der Waals surface area contributed by atoms with Crippen molar-refractivity contribution in [1.29, 1.82) is 0 Å². The van der Waals surface area contributed by atoms with Crippen molar-refractivity contribution in [3.8, 4) is 0 Å². The Morgan fingerprint density at radius 1 is 1.15 bits per heavy atom. The van der Waals surface area contributed by atoms with Gasteiger partial charge in [-0.05, 0) is 56.8 Å². The first-order chi connectivity index (χ1) is 15.5. The van der Waals surface area contributed by atoms with Gasteiger partial charge >= 0.3 is 0 Å². The summed E-state index contributed by atoms with van der Waals surface area (Å²) in [5.41, 5.74) is 0.213. The van der Waals surface area contributed by atoms with Crippen LogP contribution in [0.3, 0.4) is 0 Å². The molecular formula is C24H40N4O4S. The molecule has 0 saturated carbocycles. The van der Waals surface area contributed by atoms with Gasteiger partial charge in [-0.25, -0.2) is 8.42 Å². The zero-order valence-corrected chi connectivity index (χ0v) is 21.6. The van der Waals surface area contributed by atoms with Crippen LogP contribution in [0, 0.1) is 11.8 Å². The molecule has 33 heavy (non-hydrogen) atoms. The number of rotatable bonds is 11.